The van der Waals surface area contributed by atoms with Crippen LogP contribution in [-0.2, 0) is 0 Å². The van der Waals surface area contributed by atoms with Crippen LogP contribution in [-0.4, -0.2) is 10.3 Å². The molecule has 0 spiro atoms. The summed E-state index contributed by atoms with van der Waals surface area (Å²) < 4.78 is 2.42. The van der Waals surface area contributed by atoms with Gasteiger partial charge in [-0.3, -0.25) is 0 Å². The van der Waals surface area contributed by atoms with E-state index in [1.807, 2.05) is 0 Å². The Hall–Kier alpha value is -0.890. The number of hydrogen-bond acceptors (Lipinski definition) is 1. The first-order chi connectivity index (χ1) is 6.95. The molecule has 14 heavy (non-hydrogen) atoms. The van der Waals surface area contributed by atoms with Gasteiger partial charge in [-0.05, 0) is 36.1 Å². The van der Waals surface area contributed by atoms with Crippen LogP contribution >= 0.6 is 11.8 Å². The van der Waals surface area contributed by atoms with Crippen LogP contribution in [0.5, 0.6) is 0 Å². The van der Waals surface area contributed by atoms with Gasteiger partial charge in [-0.15, -0.1) is 11.8 Å². The number of aromatic nitrogens is 1. The van der Waals surface area contributed by atoms with Gasteiger partial charge < -0.3 is 4.57 Å². The molecule has 1 aromatic heterocycles. The summed E-state index contributed by atoms with van der Waals surface area (Å²) >= 11 is 2.08. The lowest BCUT2D eigenvalue weighted by Crippen LogP contribution is -1.98. The molecule has 1 aliphatic rings. The van der Waals surface area contributed by atoms with E-state index in [4.69, 9.17) is 0 Å². The Morgan fingerprint density at radius 2 is 2.14 bits per heavy atom. The van der Waals surface area contributed by atoms with E-state index < -0.39 is 0 Å². The molecule has 2 heterocycles. The Kier molecular flexibility index (Phi) is 2.02. The number of nitrogens with zero attached hydrogens (tertiary/aromatic N) is 1. The highest BCUT2D eigenvalue weighted by Crippen LogP contribution is 2.37. The zero-order valence-corrected chi connectivity index (χ0v) is 8.83. The minimum Gasteiger partial charge on any atom is -0.335 e. The van der Waals surface area contributed by atoms with Gasteiger partial charge in [0.1, 0.15) is 0 Å². The molecule has 2 aromatic rings. The van der Waals surface area contributed by atoms with E-state index >= 15 is 0 Å². The van der Waals surface area contributed by atoms with Gasteiger partial charge in [0.25, 0.3) is 0 Å². The van der Waals surface area contributed by atoms with Crippen molar-refractivity contribution in [3.63, 3.8) is 0 Å². The molecule has 2 heteroatoms. The molecule has 1 atom stereocenters. The molecule has 1 nitrogen and oxygen atoms in total. The average Bonchev–Trinajstić information content (AvgIpc) is 2.85. The van der Waals surface area contributed by atoms with Gasteiger partial charge in [-0.1, -0.05) is 18.2 Å². The molecule has 0 radical (unpaired) electrons. The molecule has 0 amide bonds. The summed E-state index contributed by atoms with van der Waals surface area (Å²) in [5.41, 5.74) is 1.38. The Morgan fingerprint density at radius 3 is 3.00 bits per heavy atom. The molecule has 72 valence electrons. The summed E-state index contributed by atoms with van der Waals surface area (Å²) in [7, 11) is 0. The molecule has 1 fully saturated rings. The topological polar surface area (TPSA) is 4.93 Å². The van der Waals surface area contributed by atoms with Gasteiger partial charge in [0.2, 0.25) is 0 Å². The van der Waals surface area contributed by atoms with Crippen molar-refractivity contribution >= 4 is 22.7 Å². The first-order valence-corrected chi connectivity index (χ1v) is 6.17. The molecular formula is C12H13NS. The van der Waals surface area contributed by atoms with Crippen molar-refractivity contribution < 1.29 is 0 Å². The maximum Gasteiger partial charge on any atom is 0.0794 e. The third-order valence-corrected chi connectivity index (χ3v) is 4.22. The number of hydrogen-bond donors (Lipinski definition) is 0. The second kappa shape index (κ2) is 3.35. The lowest BCUT2D eigenvalue weighted by Gasteiger charge is -2.12. The number of rotatable bonds is 1. The van der Waals surface area contributed by atoms with Crippen molar-refractivity contribution in [3.05, 3.63) is 36.5 Å². The summed E-state index contributed by atoms with van der Waals surface area (Å²) in [6, 6.07) is 10.8. The Labute approximate surface area is 88.1 Å². The highest BCUT2D eigenvalue weighted by atomic mass is 32.2. The van der Waals surface area contributed by atoms with Crippen LogP contribution in [0.3, 0.4) is 0 Å². The van der Waals surface area contributed by atoms with E-state index in [1.165, 1.54) is 29.5 Å². The molecule has 1 saturated heterocycles. The molecule has 1 aromatic carbocycles. The summed E-state index contributed by atoms with van der Waals surface area (Å²) in [6.07, 6.45) is 4.92. The van der Waals surface area contributed by atoms with E-state index in [-0.39, 0.29) is 0 Å². The molecule has 1 aliphatic heterocycles. The fraction of sp³-hybridized carbons (Fsp3) is 0.333. The number of thioether (sulfide) groups is 1. The van der Waals surface area contributed by atoms with Crippen molar-refractivity contribution in [2.45, 2.75) is 18.2 Å². The van der Waals surface area contributed by atoms with Crippen LogP contribution in [0.2, 0.25) is 0 Å². The Morgan fingerprint density at radius 1 is 1.21 bits per heavy atom. The maximum absolute atomic E-state index is 2.42. The van der Waals surface area contributed by atoms with Crippen molar-refractivity contribution in [1.29, 1.82) is 0 Å². The molecule has 0 bridgehead atoms. The predicted octanol–water partition coefficient (Wildman–Crippen LogP) is 3.67. The number of fused-ring (bicyclic) bond motifs is 1. The van der Waals surface area contributed by atoms with Crippen LogP contribution in [0.25, 0.3) is 10.9 Å². The van der Waals surface area contributed by atoms with E-state index in [1.54, 1.807) is 0 Å². The molecule has 0 saturated carbocycles. The first-order valence-electron chi connectivity index (χ1n) is 5.12. The number of para-hydroxylation sites is 1. The highest BCUT2D eigenvalue weighted by Gasteiger charge is 2.17. The standard InChI is InChI=1S/C12H13NS/c1-2-5-11-10(4-1)7-8-13(11)12-6-3-9-14-12/h1-2,4-5,7-8,12H,3,6,9H2. The Balaban J connectivity index is 2.11. The quantitative estimate of drug-likeness (QED) is 0.684. The predicted molar refractivity (Wildman–Crippen MR) is 62.7 cm³/mol. The smallest absolute Gasteiger partial charge is 0.0794 e. The van der Waals surface area contributed by atoms with Crippen LogP contribution in [0.1, 0.15) is 18.2 Å². The summed E-state index contributed by atoms with van der Waals surface area (Å²) in [6.45, 7) is 0. The lowest BCUT2D eigenvalue weighted by atomic mass is 10.2. The Bertz CT molecular complexity index is 440. The van der Waals surface area contributed by atoms with E-state index in [9.17, 15) is 0 Å². The van der Waals surface area contributed by atoms with Crippen molar-refractivity contribution in [1.82, 2.24) is 4.57 Å². The monoisotopic (exact) mass is 203 g/mol. The molecule has 0 N–H and O–H groups in total. The van der Waals surface area contributed by atoms with Crippen molar-refractivity contribution in [2.24, 2.45) is 0 Å². The molecule has 3 rings (SSSR count). The fourth-order valence-electron chi connectivity index (χ4n) is 2.14. The normalized spacial score (nSPS) is 21.9. The van der Waals surface area contributed by atoms with Crippen LogP contribution in [0, 0.1) is 0 Å². The molecular weight excluding hydrogens is 190 g/mol. The van der Waals surface area contributed by atoms with Gasteiger partial charge in [0.15, 0.2) is 0 Å². The van der Waals surface area contributed by atoms with Crippen molar-refractivity contribution in [3.8, 4) is 0 Å². The SMILES string of the molecule is c1ccc2c(c1)ccn2C1CCCS1. The van der Waals surface area contributed by atoms with Gasteiger partial charge in [-0.25, -0.2) is 0 Å². The average molecular weight is 203 g/mol. The van der Waals surface area contributed by atoms with Gasteiger partial charge in [-0.2, -0.15) is 0 Å². The van der Waals surface area contributed by atoms with Crippen molar-refractivity contribution in [2.75, 3.05) is 5.75 Å². The second-order valence-electron chi connectivity index (χ2n) is 3.75. The third-order valence-electron chi connectivity index (χ3n) is 2.85. The van der Waals surface area contributed by atoms with Crippen LogP contribution in [0.4, 0.5) is 0 Å². The lowest BCUT2D eigenvalue weighted by molar-refractivity contribution is 0.664. The van der Waals surface area contributed by atoms with E-state index in [2.05, 4.69) is 52.9 Å². The molecule has 0 aliphatic carbocycles. The highest BCUT2D eigenvalue weighted by molar-refractivity contribution is 7.99. The largest absolute Gasteiger partial charge is 0.335 e. The van der Waals surface area contributed by atoms with E-state index in [0.29, 0.717) is 5.37 Å². The maximum atomic E-state index is 2.42. The molecule has 1 unspecified atom stereocenters. The first kappa shape index (κ1) is 8.42. The minimum absolute atomic E-state index is 0.676. The van der Waals surface area contributed by atoms with Gasteiger partial charge in [0.05, 0.1) is 5.37 Å². The van der Waals surface area contributed by atoms with Crippen LogP contribution in [0.15, 0.2) is 36.5 Å². The minimum atomic E-state index is 0.676. The van der Waals surface area contributed by atoms with E-state index in [0.717, 1.165) is 0 Å². The van der Waals surface area contributed by atoms with Gasteiger partial charge >= 0.3 is 0 Å². The zero-order valence-electron chi connectivity index (χ0n) is 8.02. The summed E-state index contributed by atoms with van der Waals surface area (Å²) in [5.74, 6) is 1.32. The van der Waals surface area contributed by atoms with Gasteiger partial charge in [0, 0.05) is 11.7 Å². The summed E-state index contributed by atoms with van der Waals surface area (Å²) in [4.78, 5) is 0. The second-order valence-corrected chi connectivity index (χ2v) is 5.04. The fourth-order valence-corrected chi connectivity index (χ4v) is 3.42. The third kappa shape index (κ3) is 1.25. The number of benzene rings is 1. The zero-order chi connectivity index (χ0) is 9.38. The summed E-state index contributed by atoms with van der Waals surface area (Å²) in [5, 5.41) is 2.04. The van der Waals surface area contributed by atoms with Crippen LogP contribution < -0.4 is 0 Å².